The normalized spacial score (nSPS) is 17.3. The summed E-state index contributed by atoms with van der Waals surface area (Å²) in [5, 5.41) is 9.03. The Hall–Kier alpha value is -2.69. The van der Waals surface area contributed by atoms with Crippen molar-refractivity contribution in [1.82, 2.24) is 9.88 Å². The lowest BCUT2D eigenvalue weighted by Gasteiger charge is -2.31. The molecule has 0 aliphatic carbocycles. The molecule has 1 aliphatic heterocycles. The van der Waals surface area contributed by atoms with Crippen molar-refractivity contribution >= 4 is 11.9 Å². The number of carboxylic acid groups (broad SMARTS) is 1. The Morgan fingerprint density at radius 1 is 1.15 bits per heavy atom. The van der Waals surface area contributed by atoms with E-state index in [1.807, 2.05) is 37.8 Å². The van der Waals surface area contributed by atoms with Gasteiger partial charge >= 0.3 is 5.97 Å². The van der Waals surface area contributed by atoms with Crippen LogP contribution in [0.15, 0.2) is 42.6 Å². The van der Waals surface area contributed by atoms with Gasteiger partial charge in [0.1, 0.15) is 0 Å². The Morgan fingerprint density at radius 2 is 1.85 bits per heavy atom. The molecule has 136 valence electrons. The van der Waals surface area contributed by atoms with Crippen LogP contribution < -0.4 is 0 Å². The number of pyridine rings is 1. The predicted molar refractivity (Wildman–Crippen MR) is 99.8 cm³/mol. The third-order valence-electron chi connectivity index (χ3n) is 4.75. The van der Waals surface area contributed by atoms with E-state index in [0.29, 0.717) is 0 Å². The number of amides is 1. The molecule has 0 saturated carbocycles. The molecule has 1 aliphatic rings. The zero-order chi connectivity index (χ0) is 18.9. The van der Waals surface area contributed by atoms with E-state index in [1.54, 1.807) is 30.5 Å². The topological polar surface area (TPSA) is 70.5 Å². The molecular weight excluding hydrogens is 328 g/mol. The van der Waals surface area contributed by atoms with Gasteiger partial charge in [-0.15, -0.1) is 0 Å². The fraction of sp³-hybridized carbons (Fsp3) is 0.381. The minimum atomic E-state index is -0.944. The summed E-state index contributed by atoms with van der Waals surface area (Å²) in [6.45, 7) is 6.64. The SMILES string of the molecule is CC(C)(C)C(=O)N1CCC[C@@H]1c1ccnc(-c2ccc(C(=O)O)cc2)c1. The molecule has 2 aromatic rings. The molecule has 5 heteroatoms. The second-order valence-electron chi connectivity index (χ2n) is 7.76. The van der Waals surface area contributed by atoms with E-state index in [-0.39, 0.29) is 17.5 Å². The summed E-state index contributed by atoms with van der Waals surface area (Å²) in [4.78, 5) is 30.2. The molecular formula is C21H24N2O3. The molecule has 0 unspecified atom stereocenters. The first-order chi connectivity index (χ1) is 12.3. The summed E-state index contributed by atoms with van der Waals surface area (Å²) < 4.78 is 0. The maximum atomic E-state index is 12.8. The maximum Gasteiger partial charge on any atom is 0.335 e. The molecule has 1 fully saturated rings. The highest BCUT2D eigenvalue weighted by atomic mass is 16.4. The lowest BCUT2D eigenvalue weighted by Crippen LogP contribution is -2.39. The highest BCUT2D eigenvalue weighted by molar-refractivity contribution is 5.88. The van der Waals surface area contributed by atoms with Crippen molar-refractivity contribution in [3.63, 3.8) is 0 Å². The predicted octanol–water partition coefficient (Wildman–Crippen LogP) is 4.16. The summed E-state index contributed by atoms with van der Waals surface area (Å²) in [7, 11) is 0. The van der Waals surface area contributed by atoms with Crippen molar-refractivity contribution in [2.24, 2.45) is 5.41 Å². The third kappa shape index (κ3) is 3.62. The smallest absolute Gasteiger partial charge is 0.335 e. The van der Waals surface area contributed by atoms with Crippen LogP contribution in [0.25, 0.3) is 11.3 Å². The molecule has 1 saturated heterocycles. The van der Waals surface area contributed by atoms with Crippen LogP contribution in [0.1, 0.15) is 55.6 Å². The number of rotatable bonds is 3. The quantitative estimate of drug-likeness (QED) is 0.900. The molecule has 0 spiro atoms. The van der Waals surface area contributed by atoms with Crippen LogP contribution in [0.4, 0.5) is 0 Å². The van der Waals surface area contributed by atoms with Crippen molar-refractivity contribution in [2.45, 2.75) is 39.7 Å². The average Bonchev–Trinajstić information content (AvgIpc) is 3.10. The Labute approximate surface area is 153 Å². The molecule has 1 N–H and O–H groups in total. The molecule has 26 heavy (non-hydrogen) atoms. The van der Waals surface area contributed by atoms with Crippen LogP contribution in [0.2, 0.25) is 0 Å². The van der Waals surface area contributed by atoms with Gasteiger partial charge in [-0.3, -0.25) is 9.78 Å². The second kappa shape index (κ2) is 6.90. The van der Waals surface area contributed by atoms with Gasteiger partial charge in [-0.2, -0.15) is 0 Å². The van der Waals surface area contributed by atoms with Gasteiger partial charge in [0.05, 0.1) is 17.3 Å². The van der Waals surface area contributed by atoms with Gasteiger partial charge in [-0.25, -0.2) is 4.79 Å². The first kappa shape index (κ1) is 18.1. The molecule has 0 radical (unpaired) electrons. The van der Waals surface area contributed by atoms with E-state index in [1.165, 1.54) is 0 Å². The third-order valence-corrected chi connectivity index (χ3v) is 4.75. The van der Waals surface area contributed by atoms with Gasteiger partial charge in [0.15, 0.2) is 0 Å². The standard InChI is InChI=1S/C21H24N2O3/c1-21(2,3)20(26)23-12-4-5-18(23)16-10-11-22-17(13-16)14-6-8-15(9-7-14)19(24)25/h6-11,13,18H,4-5,12H2,1-3H3,(H,24,25)/t18-/m1/s1. The largest absolute Gasteiger partial charge is 0.478 e. The van der Waals surface area contributed by atoms with E-state index >= 15 is 0 Å². The van der Waals surface area contributed by atoms with Crippen molar-refractivity contribution in [2.75, 3.05) is 6.54 Å². The van der Waals surface area contributed by atoms with Crippen molar-refractivity contribution in [1.29, 1.82) is 0 Å². The minimum Gasteiger partial charge on any atom is -0.478 e. The number of likely N-dealkylation sites (tertiary alicyclic amines) is 1. The number of hydrogen-bond acceptors (Lipinski definition) is 3. The van der Waals surface area contributed by atoms with E-state index < -0.39 is 11.4 Å². The van der Waals surface area contributed by atoms with Gasteiger partial charge in [0, 0.05) is 23.7 Å². The van der Waals surface area contributed by atoms with Gasteiger partial charge in [0.2, 0.25) is 5.91 Å². The molecule has 1 aromatic carbocycles. The van der Waals surface area contributed by atoms with Crippen LogP contribution in [0, 0.1) is 5.41 Å². The molecule has 2 heterocycles. The summed E-state index contributed by atoms with van der Waals surface area (Å²) in [6.07, 6.45) is 3.70. The lowest BCUT2D eigenvalue weighted by molar-refractivity contribution is -0.140. The molecule has 0 bridgehead atoms. The minimum absolute atomic E-state index is 0.0711. The van der Waals surface area contributed by atoms with Crippen molar-refractivity contribution < 1.29 is 14.7 Å². The Bertz CT molecular complexity index is 822. The van der Waals surface area contributed by atoms with Gasteiger partial charge in [-0.05, 0) is 42.7 Å². The molecule has 1 atom stereocenters. The zero-order valence-electron chi connectivity index (χ0n) is 15.4. The summed E-state index contributed by atoms with van der Waals surface area (Å²) in [6, 6.07) is 10.7. The average molecular weight is 352 g/mol. The zero-order valence-corrected chi connectivity index (χ0v) is 15.4. The summed E-state index contributed by atoms with van der Waals surface area (Å²) in [5.41, 5.74) is 2.58. The number of nitrogens with zero attached hydrogens (tertiary/aromatic N) is 2. The van der Waals surface area contributed by atoms with Crippen molar-refractivity contribution in [3.05, 3.63) is 53.7 Å². The number of aromatic nitrogens is 1. The maximum absolute atomic E-state index is 12.8. The first-order valence-corrected chi connectivity index (χ1v) is 8.88. The number of benzene rings is 1. The fourth-order valence-electron chi connectivity index (χ4n) is 3.38. The highest BCUT2D eigenvalue weighted by Crippen LogP contribution is 2.36. The lowest BCUT2D eigenvalue weighted by atomic mass is 9.93. The molecule has 3 rings (SSSR count). The van der Waals surface area contributed by atoms with Gasteiger partial charge < -0.3 is 10.0 Å². The molecule has 5 nitrogen and oxygen atoms in total. The number of hydrogen-bond donors (Lipinski definition) is 1. The van der Waals surface area contributed by atoms with Crippen LogP contribution in [0.5, 0.6) is 0 Å². The monoisotopic (exact) mass is 352 g/mol. The van der Waals surface area contributed by atoms with Crippen molar-refractivity contribution in [3.8, 4) is 11.3 Å². The number of carbonyl (C=O) groups is 2. The number of aromatic carboxylic acids is 1. The summed E-state index contributed by atoms with van der Waals surface area (Å²) in [5.74, 6) is -0.773. The van der Waals surface area contributed by atoms with E-state index in [4.69, 9.17) is 5.11 Å². The Morgan fingerprint density at radius 3 is 2.46 bits per heavy atom. The molecule has 1 aromatic heterocycles. The Kier molecular flexibility index (Phi) is 4.81. The van der Waals surface area contributed by atoms with E-state index in [2.05, 4.69) is 4.98 Å². The molecule has 1 amide bonds. The Balaban J connectivity index is 1.89. The van der Waals surface area contributed by atoms with Gasteiger partial charge in [0.25, 0.3) is 0 Å². The van der Waals surface area contributed by atoms with E-state index in [9.17, 15) is 9.59 Å². The van der Waals surface area contributed by atoms with Gasteiger partial charge in [-0.1, -0.05) is 32.9 Å². The number of carboxylic acids is 1. The van der Waals surface area contributed by atoms with Crippen LogP contribution in [-0.2, 0) is 4.79 Å². The summed E-state index contributed by atoms with van der Waals surface area (Å²) >= 11 is 0. The van der Waals surface area contributed by atoms with Crippen LogP contribution >= 0.6 is 0 Å². The fourth-order valence-corrected chi connectivity index (χ4v) is 3.38. The number of carbonyl (C=O) groups excluding carboxylic acids is 1. The van der Waals surface area contributed by atoms with E-state index in [0.717, 1.165) is 36.2 Å². The highest BCUT2D eigenvalue weighted by Gasteiger charge is 2.35. The van der Waals surface area contributed by atoms with Crippen LogP contribution in [0.3, 0.4) is 0 Å². The van der Waals surface area contributed by atoms with Crippen LogP contribution in [-0.4, -0.2) is 33.4 Å². The first-order valence-electron chi connectivity index (χ1n) is 8.88. The second-order valence-corrected chi connectivity index (χ2v) is 7.76.